The highest BCUT2D eigenvalue weighted by atomic mass is 32.1. The van der Waals surface area contributed by atoms with E-state index in [1.807, 2.05) is 0 Å². The second-order valence-electron chi connectivity index (χ2n) is 8.10. The number of hydrogen-bond donors (Lipinski definition) is 2. The zero-order valence-electron chi connectivity index (χ0n) is 17.9. The summed E-state index contributed by atoms with van der Waals surface area (Å²) in [6.07, 6.45) is 10.8. The molecule has 0 saturated heterocycles. The van der Waals surface area contributed by atoms with Crippen LogP contribution in [0, 0.1) is 0 Å². The Balaban J connectivity index is 1.37. The fourth-order valence-electron chi connectivity index (χ4n) is 4.24. The van der Waals surface area contributed by atoms with Crippen LogP contribution in [0.3, 0.4) is 0 Å². The van der Waals surface area contributed by atoms with E-state index in [4.69, 9.17) is 4.74 Å². The van der Waals surface area contributed by atoms with Crippen molar-refractivity contribution in [2.75, 3.05) is 19.0 Å². The number of aryl methyl sites for hydroxylation is 1. The molecule has 4 rings (SSSR count). The van der Waals surface area contributed by atoms with Gasteiger partial charge in [-0.05, 0) is 75.6 Å². The smallest absolute Gasteiger partial charge is 0.257 e. The van der Waals surface area contributed by atoms with Crippen LogP contribution >= 0.6 is 11.3 Å². The largest absolute Gasteiger partial charge is 0.497 e. The number of carbonyl (C=O) groups excluding carboxylic acids is 2. The van der Waals surface area contributed by atoms with Gasteiger partial charge in [-0.3, -0.25) is 14.9 Å². The standard InChI is InChI=1S/C24H29N3O3S/c1-30-18-12-10-17(11-13-18)22(28)27-24-26-21-19(8-5-9-20(21)31-24)23(29)25-15-14-16-6-3-2-4-7-16/h6,10-13,19H,2-5,7-9,14-15H2,1H3,(H,25,29)(H,26,27,28)/t19-/m0/s1. The molecule has 2 N–H and O–H groups in total. The van der Waals surface area contributed by atoms with Crippen LogP contribution in [0.4, 0.5) is 5.13 Å². The molecule has 0 saturated carbocycles. The van der Waals surface area contributed by atoms with Gasteiger partial charge in [-0.25, -0.2) is 4.98 Å². The molecule has 2 amide bonds. The van der Waals surface area contributed by atoms with E-state index in [2.05, 4.69) is 21.7 Å². The Morgan fingerprint density at radius 1 is 1.16 bits per heavy atom. The maximum atomic E-state index is 12.9. The zero-order chi connectivity index (χ0) is 21.6. The second kappa shape index (κ2) is 10.1. The van der Waals surface area contributed by atoms with Gasteiger partial charge in [-0.2, -0.15) is 0 Å². The van der Waals surface area contributed by atoms with Crippen molar-refractivity contribution in [1.29, 1.82) is 0 Å². The van der Waals surface area contributed by atoms with E-state index in [1.165, 1.54) is 36.2 Å². The average Bonchev–Trinajstić information content (AvgIpc) is 3.22. The van der Waals surface area contributed by atoms with Crippen molar-refractivity contribution in [2.24, 2.45) is 0 Å². The number of carbonyl (C=O) groups is 2. The first-order valence-electron chi connectivity index (χ1n) is 11.0. The predicted octanol–water partition coefficient (Wildman–Crippen LogP) is 4.83. The summed E-state index contributed by atoms with van der Waals surface area (Å²) in [5.74, 6) is 0.313. The number of methoxy groups -OCH3 is 1. The number of anilines is 1. The molecule has 0 aliphatic heterocycles. The lowest BCUT2D eigenvalue weighted by molar-refractivity contribution is -0.122. The van der Waals surface area contributed by atoms with Crippen LogP contribution in [-0.2, 0) is 11.2 Å². The minimum absolute atomic E-state index is 0.0516. The second-order valence-corrected chi connectivity index (χ2v) is 9.19. The van der Waals surface area contributed by atoms with Gasteiger partial charge in [0.25, 0.3) is 5.91 Å². The average molecular weight is 440 g/mol. The third kappa shape index (κ3) is 5.34. The molecule has 1 aromatic carbocycles. The molecule has 1 aromatic heterocycles. The number of nitrogens with zero attached hydrogens (tertiary/aromatic N) is 1. The zero-order valence-corrected chi connectivity index (χ0v) is 18.7. The van der Waals surface area contributed by atoms with E-state index in [1.54, 1.807) is 31.4 Å². The molecular formula is C24H29N3O3S. The number of nitrogens with one attached hydrogen (secondary N) is 2. The molecule has 164 valence electrons. The molecule has 7 heteroatoms. The van der Waals surface area contributed by atoms with Gasteiger partial charge < -0.3 is 10.1 Å². The Morgan fingerprint density at radius 2 is 2.00 bits per heavy atom. The lowest BCUT2D eigenvalue weighted by Crippen LogP contribution is -2.32. The lowest BCUT2D eigenvalue weighted by Gasteiger charge is -2.21. The van der Waals surface area contributed by atoms with Crippen LogP contribution in [-0.4, -0.2) is 30.5 Å². The first-order valence-corrected chi connectivity index (χ1v) is 11.9. The maximum Gasteiger partial charge on any atom is 0.257 e. The summed E-state index contributed by atoms with van der Waals surface area (Å²) >= 11 is 1.48. The third-order valence-electron chi connectivity index (χ3n) is 5.97. The number of hydrogen-bond acceptors (Lipinski definition) is 5. The Hall–Kier alpha value is -2.67. The number of amides is 2. The first-order chi connectivity index (χ1) is 15.1. The van der Waals surface area contributed by atoms with Gasteiger partial charge in [-0.1, -0.05) is 11.6 Å². The molecule has 0 unspecified atom stereocenters. The minimum atomic E-state index is -0.230. The molecule has 1 atom stereocenters. The first kappa shape index (κ1) is 21.6. The van der Waals surface area contributed by atoms with E-state index in [0.717, 1.165) is 42.7 Å². The van der Waals surface area contributed by atoms with Gasteiger partial charge in [0.05, 0.1) is 18.7 Å². The van der Waals surface area contributed by atoms with Crippen LogP contribution in [0.25, 0.3) is 0 Å². The molecular weight excluding hydrogens is 410 g/mol. The van der Waals surface area contributed by atoms with Crippen LogP contribution in [0.2, 0.25) is 0 Å². The number of ether oxygens (including phenoxy) is 1. The van der Waals surface area contributed by atoms with Crippen molar-refractivity contribution in [3.63, 3.8) is 0 Å². The van der Waals surface area contributed by atoms with Crippen LogP contribution in [0.1, 0.15) is 71.8 Å². The molecule has 2 aromatic rings. The molecule has 0 radical (unpaired) electrons. The van der Waals surface area contributed by atoms with Gasteiger partial charge in [0.2, 0.25) is 5.91 Å². The fourth-order valence-corrected chi connectivity index (χ4v) is 5.30. The minimum Gasteiger partial charge on any atom is -0.497 e. The highest BCUT2D eigenvalue weighted by molar-refractivity contribution is 7.16. The summed E-state index contributed by atoms with van der Waals surface area (Å²) in [4.78, 5) is 31.2. The van der Waals surface area contributed by atoms with E-state index in [-0.39, 0.29) is 17.7 Å². The topological polar surface area (TPSA) is 80.3 Å². The quantitative estimate of drug-likeness (QED) is 0.606. The number of fused-ring (bicyclic) bond motifs is 1. The Kier molecular flexibility index (Phi) is 7.02. The number of thiazole rings is 1. The van der Waals surface area contributed by atoms with Crippen LogP contribution in [0.15, 0.2) is 35.9 Å². The fraction of sp³-hybridized carbons (Fsp3) is 0.458. The molecule has 1 heterocycles. The summed E-state index contributed by atoms with van der Waals surface area (Å²) in [5.41, 5.74) is 2.84. The van der Waals surface area contributed by atoms with Crippen molar-refractivity contribution in [2.45, 2.75) is 57.3 Å². The molecule has 0 fully saturated rings. The summed E-state index contributed by atoms with van der Waals surface area (Å²) in [7, 11) is 1.59. The van der Waals surface area contributed by atoms with Crippen molar-refractivity contribution in [3.8, 4) is 5.75 Å². The van der Waals surface area contributed by atoms with Gasteiger partial charge in [-0.15, -0.1) is 11.3 Å². The van der Waals surface area contributed by atoms with Gasteiger partial charge in [0, 0.05) is 17.0 Å². The van der Waals surface area contributed by atoms with Gasteiger partial charge >= 0.3 is 0 Å². The van der Waals surface area contributed by atoms with Crippen molar-refractivity contribution in [1.82, 2.24) is 10.3 Å². The van der Waals surface area contributed by atoms with E-state index < -0.39 is 0 Å². The lowest BCUT2D eigenvalue weighted by atomic mass is 9.90. The van der Waals surface area contributed by atoms with Crippen LogP contribution in [0.5, 0.6) is 5.75 Å². The van der Waals surface area contributed by atoms with E-state index >= 15 is 0 Å². The Labute approximate surface area is 187 Å². The summed E-state index contributed by atoms with van der Waals surface area (Å²) in [6.45, 7) is 0.682. The number of rotatable bonds is 7. The summed E-state index contributed by atoms with van der Waals surface area (Å²) in [6, 6.07) is 6.95. The van der Waals surface area contributed by atoms with Crippen LogP contribution < -0.4 is 15.4 Å². The highest BCUT2D eigenvalue weighted by Gasteiger charge is 2.30. The summed E-state index contributed by atoms with van der Waals surface area (Å²) in [5, 5.41) is 6.55. The normalized spacial score (nSPS) is 18.0. The van der Waals surface area contributed by atoms with Crippen molar-refractivity contribution >= 4 is 28.3 Å². The van der Waals surface area contributed by atoms with E-state index in [0.29, 0.717) is 23.0 Å². The molecule has 31 heavy (non-hydrogen) atoms. The number of benzene rings is 1. The molecule has 0 spiro atoms. The van der Waals surface area contributed by atoms with Crippen molar-refractivity contribution < 1.29 is 14.3 Å². The van der Waals surface area contributed by atoms with Crippen molar-refractivity contribution in [3.05, 3.63) is 52.0 Å². The van der Waals surface area contributed by atoms with Gasteiger partial charge in [0.15, 0.2) is 5.13 Å². The number of allylic oxidation sites excluding steroid dienone is 1. The highest BCUT2D eigenvalue weighted by Crippen LogP contribution is 2.37. The molecule has 0 bridgehead atoms. The maximum absolute atomic E-state index is 12.9. The third-order valence-corrected chi connectivity index (χ3v) is 7.02. The number of aromatic nitrogens is 1. The monoisotopic (exact) mass is 439 g/mol. The SMILES string of the molecule is COc1ccc(C(=O)Nc2nc3c(s2)CCC[C@@H]3C(=O)NCCC2=CCCCC2)cc1. The predicted molar refractivity (Wildman–Crippen MR) is 123 cm³/mol. The van der Waals surface area contributed by atoms with Gasteiger partial charge in [0.1, 0.15) is 5.75 Å². The van der Waals surface area contributed by atoms with E-state index in [9.17, 15) is 9.59 Å². The molecule has 2 aliphatic rings. The molecule has 6 nitrogen and oxygen atoms in total. The Morgan fingerprint density at radius 3 is 2.74 bits per heavy atom. The Bertz CT molecular complexity index is 965. The molecule has 2 aliphatic carbocycles. The summed E-state index contributed by atoms with van der Waals surface area (Å²) < 4.78 is 5.14.